The van der Waals surface area contributed by atoms with Gasteiger partial charge in [-0.1, -0.05) is 0 Å². The van der Waals surface area contributed by atoms with Crippen molar-refractivity contribution in [1.29, 1.82) is 5.26 Å². The molecule has 1 amide bonds. The summed E-state index contributed by atoms with van der Waals surface area (Å²) in [6.07, 6.45) is -2.48. The maximum absolute atomic E-state index is 13.1. The lowest BCUT2D eigenvalue weighted by atomic mass is 10.1. The molecule has 0 unspecified atom stereocenters. The molecule has 0 aliphatic heterocycles. The van der Waals surface area contributed by atoms with Crippen molar-refractivity contribution < 1.29 is 22.4 Å². The van der Waals surface area contributed by atoms with Gasteiger partial charge in [-0.15, -0.1) is 0 Å². The summed E-state index contributed by atoms with van der Waals surface area (Å²) in [6, 6.07) is 8.62. The van der Waals surface area contributed by atoms with Crippen LogP contribution in [-0.2, 0) is 17.4 Å². The van der Waals surface area contributed by atoms with Gasteiger partial charge in [-0.2, -0.15) is 23.5 Å². The van der Waals surface area contributed by atoms with Gasteiger partial charge in [0.05, 0.1) is 41.2 Å². The lowest BCUT2D eigenvalue weighted by Gasteiger charge is -2.10. The first-order chi connectivity index (χ1) is 13.3. The Balaban J connectivity index is 1.76. The van der Waals surface area contributed by atoms with Gasteiger partial charge >= 0.3 is 6.18 Å². The van der Waals surface area contributed by atoms with Gasteiger partial charge in [0.1, 0.15) is 11.6 Å². The maximum atomic E-state index is 13.1. The highest BCUT2D eigenvalue weighted by Crippen LogP contribution is 2.33. The lowest BCUT2D eigenvalue weighted by Crippen LogP contribution is -2.15. The molecule has 1 N–H and O–H groups in total. The maximum Gasteiger partial charge on any atom is 0.417 e. The number of nitrogens with one attached hydrogen (secondary N) is 1. The van der Waals surface area contributed by atoms with E-state index < -0.39 is 29.0 Å². The molecule has 6 nitrogen and oxygen atoms in total. The standard InChI is InChI=1S/C18H11F4N5O/c19-12-2-4-16(24-10-12)25-17(28)7-13-5-6-27(26-13)14-3-1-11(9-23)15(8-14)18(20,21)22/h1-6,8,10H,7H2,(H,24,25,28). The molecule has 0 bridgehead atoms. The first-order valence-electron chi connectivity index (χ1n) is 7.84. The number of halogens is 4. The molecule has 1 aromatic carbocycles. The minimum Gasteiger partial charge on any atom is -0.310 e. The number of nitriles is 1. The molecule has 0 saturated carbocycles. The Hall–Kier alpha value is -3.74. The number of carbonyl (C=O) groups is 1. The molecule has 10 heteroatoms. The number of aromatic nitrogens is 3. The summed E-state index contributed by atoms with van der Waals surface area (Å²) in [5, 5.41) is 15.4. The second kappa shape index (κ2) is 7.48. The predicted molar refractivity (Wildman–Crippen MR) is 89.8 cm³/mol. The third-order valence-electron chi connectivity index (χ3n) is 3.67. The highest BCUT2D eigenvalue weighted by Gasteiger charge is 2.34. The summed E-state index contributed by atoms with van der Waals surface area (Å²) in [6.45, 7) is 0. The number of alkyl halides is 3. The molecule has 3 aromatic rings. The Kier molecular flexibility index (Phi) is 5.08. The quantitative estimate of drug-likeness (QED) is 0.693. The van der Waals surface area contributed by atoms with E-state index >= 15 is 0 Å². The van der Waals surface area contributed by atoms with E-state index in [1.165, 1.54) is 35.1 Å². The predicted octanol–water partition coefficient (Wildman–Crippen LogP) is 3.48. The summed E-state index contributed by atoms with van der Waals surface area (Å²) in [7, 11) is 0. The van der Waals surface area contributed by atoms with Crippen molar-refractivity contribution in [2.75, 3.05) is 5.32 Å². The minimum atomic E-state index is -4.68. The Morgan fingerprint density at radius 1 is 1.21 bits per heavy atom. The van der Waals surface area contributed by atoms with Crippen molar-refractivity contribution in [1.82, 2.24) is 14.8 Å². The monoisotopic (exact) mass is 389 g/mol. The molecule has 0 radical (unpaired) electrons. The summed E-state index contributed by atoms with van der Waals surface area (Å²) >= 11 is 0. The molecule has 0 fully saturated rings. The summed E-state index contributed by atoms with van der Waals surface area (Å²) in [5.41, 5.74) is -1.16. The van der Waals surface area contributed by atoms with Gasteiger partial charge < -0.3 is 5.32 Å². The molecule has 0 aliphatic rings. The van der Waals surface area contributed by atoms with Crippen molar-refractivity contribution in [2.24, 2.45) is 0 Å². The average molecular weight is 389 g/mol. The number of anilines is 1. The van der Waals surface area contributed by atoms with Gasteiger partial charge in [-0.25, -0.2) is 14.1 Å². The van der Waals surface area contributed by atoms with Crippen LogP contribution in [0.4, 0.5) is 23.4 Å². The van der Waals surface area contributed by atoms with Crippen LogP contribution in [0.5, 0.6) is 0 Å². The fraction of sp³-hybridized carbons (Fsp3) is 0.111. The Bertz CT molecular complexity index is 1050. The lowest BCUT2D eigenvalue weighted by molar-refractivity contribution is -0.137. The summed E-state index contributed by atoms with van der Waals surface area (Å²) in [4.78, 5) is 15.7. The van der Waals surface area contributed by atoms with E-state index in [9.17, 15) is 22.4 Å². The smallest absolute Gasteiger partial charge is 0.310 e. The van der Waals surface area contributed by atoms with E-state index in [1.54, 1.807) is 0 Å². The molecular weight excluding hydrogens is 378 g/mol. The fourth-order valence-corrected chi connectivity index (χ4v) is 2.41. The Labute approximate surface area is 156 Å². The zero-order chi connectivity index (χ0) is 20.3. The van der Waals surface area contributed by atoms with E-state index in [-0.39, 0.29) is 17.9 Å². The Morgan fingerprint density at radius 2 is 2.00 bits per heavy atom. The fourth-order valence-electron chi connectivity index (χ4n) is 2.41. The number of hydrogen-bond donors (Lipinski definition) is 1. The van der Waals surface area contributed by atoms with Gasteiger partial charge in [0.2, 0.25) is 5.91 Å². The molecule has 0 saturated heterocycles. The number of pyridine rings is 1. The van der Waals surface area contributed by atoms with Crippen LogP contribution in [0.25, 0.3) is 5.69 Å². The van der Waals surface area contributed by atoms with Crippen LogP contribution in [-0.4, -0.2) is 20.7 Å². The first-order valence-corrected chi connectivity index (χ1v) is 7.84. The van der Waals surface area contributed by atoms with Crippen LogP contribution >= 0.6 is 0 Å². The largest absolute Gasteiger partial charge is 0.417 e. The number of rotatable bonds is 4. The molecule has 2 heterocycles. The summed E-state index contributed by atoms with van der Waals surface area (Å²) < 4.78 is 53.2. The van der Waals surface area contributed by atoms with Crippen molar-refractivity contribution >= 4 is 11.7 Å². The number of amides is 1. The molecule has 0 atom stereocenters. The van der Waals surface area contributed by atoms with E-state index in [2.05, 4.69) is 15.4 Å². The molecule has 0 aliphatic carbocycles. The second-order valence-corrected chi connectivity index (χ2v) is 5.68. The molecule has 28 heavy (non-hydrogen) atoms. The van der Waals surface area contributed by atoms with Crippen molar-refractivity contribution in [2.45, 2.75) is 12.6 Å². The number of carbonyl (C=O) groups excluding carboxylic acids is 1. The number of hydrogen-bond acceptors (Lipinski definition) is 4. The molecule has 3 rings (SSSR count). The zero-order valence-electron chi connectivity index (χ0n) is 14.0. The van der Waals surface area contributed by atoms with Crippen LogP contribution in [0.1, 0.15) is 16.8 Å². The highest BCUT2D eigenvalue weighted by atomic mass is 19.4. The minimum absolute atomic E-state index is 0.0955. The van der Waals surface area contributed by atoms with Crippen LogP contribution < -0.4 is 5.32 Å². The second-order valence-electron chi connectivity index (χ2n) is 5.68. The average Bonchev–Trinajstić information content (AvgIpc) is 3.10. The first kappa shape index (κ1) is 19.0. The SMILES string of the molecule is N#Cc1ccc(-n2ccc(CC(=O)Nc3ccc(F)cn3)n2)cc1C(F)(F)F. The van der Waals surface area contributed by atoms with Gasteiger partial charge in [-0.3, -0.25) is 4.79 Å². The zero-order valence-corrected chi connectivity index (χ0v) is 14.0. The van der Waals surface area contributed by atoms with Crippen molar-refractivity contribution in [3.63, 3.8) is 0 Å². The van der Waals surface area contributed by atoms with Crippen LogP contribution in [0.15, 0.2) is 48.8 Å². The van der Waals surface area contributed by atoms with E-state index in [0.717, 1.165) is 24.4 Å². The molecule has 142 valence electrons. The Morgan fingerprint density at radius 3 is 2.64 bits per heavy atom. The highest BCUT2D eigenvalue weighted by molar-refractivity contribution is 5.91. The number of nitrogens with zero attached hydrogens (tertiary/aromatic N) is 4. The van der Waals surface area contributed by atoms with Gasteiger partial charge in [-0.05, 0) is 36.4 Å². The summed E-state index contributed by atoms with van der Waals surface area (Å²) in [5.74, 6) is -0.856. The molecular formula is C18H11F4N5O. The van der Waals surface area contributed by atoms with E-state index in [1.807, 2.05) is 0 Å². The van der Waals surface area contributed by atoms with Gasteiger partial charge in [0, 0.05) is 6.20 Å². The van der Waals surface area contributed by atoms with Gasteiger partial charge in [0.25, 0.3) is 0 Å². The van der Waals surface area contributed by atoms with Crippen LogP contribution in [0, 0.1) is 17.1 Å². The normalized spacial score (nSPS) is 11.1. The third-order valence-corrected chi connectivity index (χ3v) is 3.67. The van der Waals surface area contributed by atoms with Crippen molar-refractivity contribution in [3.05, 3.63) is 71.4 Å². The molecule has 0 spiro atoms. The van der Waals surface area contributed by atoms with Crippen molar-refractivity contribution in [3.8, 4) is 11.8 Å². The molecule has 2 aromatic heterocycles. The van der Waals surface area contributed by atoms with E-state index in [0.29, 0.717) is 5.69 Å². The number of benzene rings is 1. The van der Waals surface area contributed by atoms with Crippen LogP contribution in [0.2, 0.25) is 0 Å². The topological polar surface area (TPSA) is 83.6 Å². The third kappa shape index (κ3) is 4.32. The van der Waals surface area contributed by atoms with Gasteiger partial charge in [0.15, 0.2) is 0 Å². The van der Waals surface area contributed by atoms with Crippen LogP contribution in [0.3, 0.4) is 0 Å². The van der Waals surface area contributed by atoms with E-state index in [4.69, 9.17) is 5.26 Å².